The van der Waals surface area contributed by atoms with Gasteiger partial charge in [-0.05, 0) is 24.6 Å². The normalized spacial score (nSPS) is 15.0. The predicted molar refractivity (Wildman–Crippen MR) is 132 cm³/mol. The Morgan fingerprint density at radius 3 is 2.58 bits per heavy atom. The number of aromatic nitrogens is 1. The van der Waals surface area contributed by atoms with Crippen LogP contribution in [0.1, 0.15) is 22.8 Å². The first-order valence-corrected chi connectivity index (χ1v) is 10.5. The number of benzene rings is 1. The second kappa shape index (κ2) is 11.9. The number of nitrogens with one attached hydrogen (secondary N) is 1. The maximum absolute atomic E-state index is 5.45. The first-order chi connectivity index (χ1) is 14.8. The van der Waals surface area contributed by atoms with Gasteiger partial charge in [0.1, 0.15) is 11.5 Å². The largest absolute Gasteiger partial charge is 0.469 e. The number of guanidine groups is 1. The Morgan fingerprint density at radius 2 is 1.90 bits per heavy atom. The molecular weight excluding hydrogens is 505 g/mol. The molecule has 1 aromatic carbocycles. The van der Waals surface area contributed by atoms with Gasteiger partial charge in [-0.2, -0.15) is 0 Å². The van der Waals surface area contributed by atoms with E-state index in [4.69, 9.17) is 13.9 Å². The second-order valence-corrected chi connectivity index (χ2v) is 7.57. The molecule has 2 aromatic heterocycles. The Hall–Kier alpha value is -2.33. The summed E-state index contributed by atoms with van der Waals surface area (Å²) in [7, 11) is 0. The molecule has 0 radical (unpaired) electrons. The number of rotatable bonds is 7. The molecule has 3 heterocycles. The van der Waals surface area contributed by atoms with Crippen LogP contribution in [-0.4, -0.2) is 53.6 Å². The number of furan rings is 1. The van der Waals surface area contributed by atoms with Crippen LogP contribution in [0.15, 0.2) is 68.7 Å². The lowest BCUT2D eigenvalue weighted by atomic mass is 10.2. The number of nitrogens with zero attached hydrogens (tertiary/aromatic N) is 4. The van der Waals surface area contributed by atoms with Crippen LogP contribution in [0.3, 0.4) is 0 Å². The topological polar surface area (TPSA) is 70.0 Å². The Labute approximate surface area is 200 Å². The van der Waals surface area contributed by atoms with Gasteiger partial charge in [0, 0.05) is 51.8 Å². The maximum atomic E-state index is 5.45. The number of aryl methyl sites for hydroxylation is 1. The van der Waals surface area contributed by atoms with Crippen molar-refractivity contribution in [1.82, 2.24) is 20.3 Å². The molecule has 1 saturated heterocycles. The molecular formula is C23H30IN5O2. The van der Waals surface area contributed by atoms with E-state index in [0.29, 0.717) is 6.54 Å². The Balaban J connectivity index is 0.00000272. The lowest BCUT2D eigenvalue weighted by Crippen LogP contribution is -2.52. The average Bonchev–Trinajstić information content (AvgIpc) is 3.44. The van der Waals surface area contributed by atoms with Gasteiger partial charge in [0.15, 0.2) is 5.96 Å². The zero-order valence-electron chi connectivity index (χ0n) is 17.9. The molecule has 1 fully saturated rings. The SMILES string of the molecule is Cc1cc(CN2CCN(C(=NCc3ccccc3)NCCc3ccco3)CC2)no1.I. The molecule has 0 atom stereocenters. The van der Waals surface area contributed by atoms with Crippen molar-refractivity contribution in [2.24, 2.45) is 4.99 Å². The molecule has 4 rings (SSSR count). The quantitative estimate of drug-likeness (QED) is 0.283. The van der Waals surface area contributed by atoms with Gasteiger partial charge >= 0.3 is 0 Å². The van der Waals surface area contributed by atoms with Gasteiger partial charge in [0.05, 0.1) is 18.5 Å². The summed E-state index contributed by atoms with van der Waals surface area (Å²) in [5, 5.41) is 7.65. The molecule has 0 aliphatic carbocycles. The van der Waals surface area contributed by atoms with Crippen molar-refractivity contribution in [2.75, 3.05) is 32.7 Å². The summed E-state index contributed by atoms with van der Waals surface area (Å²) in [6, 6.07) is 16.3. The molecule has 31 heavy (non-hydrogen) atoms. The van der Waals surface area contributed by atoms with Crippen LogP contribution in [0, 0.1) is 6.92 Å². The molecule has 0 saturated carbocycles. The average molecular weight is 535 g/mol. The van der Waals surface area contributed by atoms with Gasteiger partial charge in [-0.1, -0.05) is 35.5 Å². The fraction of sp³-hybridized carbons (Fsp3) is 0.391. The third-order valence-electron chi connectivity index (χ3n) is 5.22. The van der Waals surface area contributed by atoms with Crippen molar-refractivity contribution in [3.63, 3.8) is 0 Å². The summed E-state index contributed by atoms with van der Waals surface area (Å²) >= 11 is 0. The number of aliphatic imine (C=N–C) groups is 1. The predicted octanol–water partition coefficient (Wildman–Crippen LogP) is 3.70. The van der Waals surface area contributed by atoms with E-state index in [9.17, 15) is 0 Å². The summed E-state index contributed by atoms with van der Waals surface area (Å²) < 4.78 is 10.6. The minimum Gasteiger partial charge on any atom is -0.469 e. The summed E-state index contributed by atoms with van der Waals surface area (Å²) in [5.74, 6) is 2.81. The third kappa shape index (κ3) is 7.10. The number of hydrogen-bond donors (Lipinski definition) is 1. The minimum absolute atomic E-state index is 0. The van der Waals surface area contributed by atoms with E-state index in [1.165, 1.54) is 5.56 Å². The molecule has 8 heteroatoms. The lowest BCUT2D eigenvalue weighted by Gasteiger charge is -2.36. The van der Waals surface area contributed by atoms with Gasteiger partial charge in [-0.15, -0.1) is 24.0 Å². The fourth-order valence-electron chi connectivity index (χ4n) is 3.61. The molecule has 3 aromatic rings. The smallest absolute Gasteiger partial charge is 0.194 e. The van der Waals surface area contributed by atoms with E-state index in [1.54, 1.807) is 6.26 Å². The van der Waals surface area contributed by atoms with E-state index >= 15 is 0 Å². The summed E-state index contributed by atoms with van der Waals surface area (Å²) in [6.45, 7) is 8.01. The Kier molecular flexibility index (Phi) is 8.96. The molecule has 0 unspecified atom stereocenters. The minimum atomic E-state index is 0. The Morgan fingerprint density at radius 1 is 1.10 bits per heavy atom. The van der Waals surface area contributed by atoms with Crippen LogP contribution in [0.5, 0.6) is 0 Å². The molecule has 0 bridgehead atoms. The number of halogens is 1. The first-order valence-electron chi connectivity index (χ1n) is 10.5. The number of hydrogen-bond acceptors (Lipinski definition) is 5. The highest BCUT2D eigenvalue weighted by molar-refractivity contribution is 14.0. The standard InChI is InChI=1S/C23H29N5O2.HI/c1-19-16-21(26-30-19)18-27-11-13-28(14-12-27)23(24-10-9-22-8-5-15-29-22)25-17-20-6-3-2-4-7-20;/h2-8,15-16H,9-14,17-18H2,1H3,(H,24,25);1H. The van der Waals surface area contributed by atoms with Crippen LogP contribution in [-0.2, 0) is 19.5 Å². The second-order valence-electron chi connectivity index (χ2n) is 7.57. The highest BCUT2D eigenvalue weighted by atomic mass is 127. The van der Waals surface area contributed by atoms with Crippen molar-refractivity contribution >= 4 is 29.9 Å². The van der Waals surface area contributed by atoms with Crippen molar-refractivity contribution in [2.45, 2.75) is 26.4 Å². The van der Waals surface area contributed by atoms with E-state index in [1.807, 2.05) is 31.2 Å². The monoisotopic (exact) mass is 535 g/mol. The fourth-order valence-corrected chi connectivity index (χ4v) is 3.61. The molecule has 1 N–H and O–H groups in total. The summed E-state index contributed by atoms with van der Waals surface area (Å²) in [6.07, 6.45) is 2.55. The zero-order valence-corrected chi connectivity index (χ0v) is 20.2. The van der Waals surface area contributed by atoms with E-state index in [2.05, 4.69) is 44.5 Å². The first kappa shape index (κ1) is 23.3. The van der Waals surface area contributed by atoms with Gasteiger partial charge in [0.2, 0.25) is 0 Å². The summed E-state index contributed by atoms with van der Waals surface area (Å²) in [4.78, 5) is 9.65. The maximum Gasteiger partial charge on any atom is 0.194 e. The van der Waals surface area contributed by atoms with Crippen LogP contribution >= 0.6 is 24.0 Å². The van der Waals surface area contributed by atoms with Crippen LogP contribution in [0.2, 0.25) is 0 Å². The van der Waals surface area contributed by atoms with E-state index in [-0.39, 0.29) is 24.0 Å². The van der Waals surface area contributed by atoms with Gasteiger partial charge < -0.3 is 19.2 Å². The van der Waals surface area contributed by atoms with Crippen LogP contribution < -0.4 is 5.32 Å². The van der Waals surface area contributed by atoms with Crippen molar-refractivity contribution in [1.29, 1.82) is 0 Å². The molecule has 1 aliphatic rings. The van der Waals surface area contributed by atoms with Gasteiger partial charge in [-0.3, -0.25) is 4.90 Å². The molecule has 1 aliphatic heterocycles. The van der Waals surface area contributed by atoms with Crippen molar-refractivity contribution < 1.29 is 8.94 Å². The molecule has 7 nitrogen and oxygen atoms in total. The highest BCUT2D eigenvalue weighted by Crippen LogP contribution is 2.10. The van der Waals surface area contributed by atoms with Crippen molar-refractivity contribution in [3.05, 3.63) is 77.6 Å². The van der Waals surface area contributed by atoms with Crippen LogP contribution in [0.25, 0.3) is 0 Å². The third-order valence-corrected chi connectivity index (χ3v) is 5.22. The molecule has 0 spiro atoms. The van der Waals surface area contributed by atoms with Gasteiger partial charge in [0.25, 0.3) is 0 Å². The van der Waals surface area contributed by atoms with E-state index in [0.717, 1.165) is 68.9 Å². The van der Waals surface area contributed by atoms with Crippen LogP contribution in [0.4, 0.5) is 0 Å². The number of piperazine rings is 1. The molecule has 166 valence electrons. The molecule has 0 amide bonds. The van der Waals surface area contributed by atoms with E-state index < -0.39 is 0 Å². The van der Waals surface area contributed by atoms with Crippen molar-refractivity contribution in [3.8, 4) is 0 Å². The lowest BCUT2D eigenvalue weighted by molar-refractivity contribution is 0.169. The Bertz CT molecular complexity index is 919. The summed E-state index contributed by atoms with van der Waals surface area (Å²) in [5.41, 5.74) is 2.21. The highest BCUT2D eigenvalue weighted by Gasteiger charge is 2.20. The zero-order chi connectivity index (χ0) is 20.6. The van der Waals surface area contributed by atoms with Gasteiger partial charge in [-0.25, -0.2) is 4.99 Å².